The van der Waals surface area contributed by atoms with Crippen LogP contribution in [0.5, 0.6) is 0 Å². The van der Waals surface area contributed by atoms with E-state index in [1.807, 2.05) is 32.7 Å². The average Bonchev–Trinajstić information content (AvgIpc) is 2.54. The van der Waals surface area contributed by atoms with E-state index in [1.165, 1.54) is 0 Å². The molecule has 9 nitrogen and oxygen atoms in total. The molecule has 0 radical (unpaired) electrons. The number of aromatic nitrogens is 2. The first-order chi connectivity index (χ1) is 12.9. The minimum Gasteiger partial charge on any atom is -0.313 e. The lowest BCUT2D eigenvalue weighted by molar-refractivity contribution is 0.256. The zero-order valence-electron chi connectivity index (χ0n) is 15.7. The number of H-pyrrole nitrogens is 2. The van der Waals surface area contributed by atoms with E-state index in [4.69, 9.17) is 11.6 Å². The lowest BCUT2D eigenvalue weighted by atomic mass is 9.92. The molecule has 0 unspecified atom stereocenters. The molecule has 0 atom stereocenters. The van der Waals surface area contributed by atoms with Crippen LogP contribution in [0.3, 0.4) is 0 Å². The smallest absolute Gasteiger partial charge is 0.313 e. The summed E-state index contributed by atoms with van der Waals surface area (Å²) in [6.07, 6.45) is 0.720. The van der Waals surface area contributed by atoms with E-state index in [9.17, 15) is 22.8 Å². The molecule has 0 spiro atoms. The quantitative estimate of drug-likeness (QED) is 0.578. The zero-order valence-corrected chi connectivity index (χ0v) is 17.3. The van der Waals surface area contributed by atoms with Gasteiger partial charge in [-0.05, 0) is 35.1 Å². The topological polar surface area (TPSA) is 141 Å². The summed E-state index contributed by atoms with van der Waals surface area (Å²) in [6.45, 7) is 7.65. The molecule has 4 N–H and O–H groups in total. The Morgan fingerprint density at radius 3 is 2.07 bits per heavy atom. The van der Waals surface area contributed by atoms with Gasteiger partial charge in [0.15, 0.2) is 4.90 Å². The Morgan fingerprint density at radius 2 is 1.61 bits per heavy atom. The van der Waals surface area contributed by atoms with Crippen molar-refractivity contribution in [2.24, 2.45) is 0 Å². The number of hydrogen-bond donors (Lipinski definition) is 4. The largest absolute Gasteiger partial charge is 0.333 e. The molecule has 28 heavy (non-hydrogen) atoms. The number of halogens is 1. The highest BCUT2D eigenvalue weighted by molar-refractivity contribution is 7.90. The Morgan fingerprint density at radius 1 is 1.07 bits per heavy atom. The standard InChI is InChI=1S/C17H21ClN4O5S/c1-8(2)11-5-10(18)6-12(9(3)4)14(11)20-17(25)22-28(26,27)13-7-19-16(24)21-15(13)23/h5-9H,1-4H3,(H2,20,22,25)(H2,19,21,23,24). The molecule has 0 aliphatic carbocycles. The van der Waals surface area contributed by atoms with Gasteiger partial charge in [0, 0.05) is 16.9 Å². The number of carbonyl (C=O) groups excluding carboxylic acids is 1. The average molecular weight is 429 g/mol. The van der Waals surface area contributed by atoms with Crippen LogP contribution in [0.1, 0.15) is 50.7 Å². The van der Waals surface area contributed by atoms with E-state index in [1.54, 1.807) is 21.8 Å². The third kappa shape index (κ3) is 4.82. The Balaban J connectivity index is 2.40. The van der Waals surface area contributed by atoms with Gasteiger partial charge in [-0.15, -0.1) is 0 Å². The molecule has 1 aromatic carbocycles. The predicted molar refractivity (Wildman–Crippen MR) is 107 cm³/mol. The fraction of sp³-hybridized carbons (Fsp3) is 0.353. The van der Waals surface area contributed by atoms with Crippen LogP contribution in [0.4, 0.5) is 10.5 Å². The summed E-state index contributed by atoms with van der Waals surface area (Å²) in [4.78, 5) is 38.2. The third-order valence-electron chi connectivity index (χ3n) is 3.95. The number of anilines is 1. The van der Waals surface area contributed by atoms with Crippen LogP contribution in [-0.2, 0) is 10.0 Å². The number of carbonyl (C=O) groups is 1. The summed E-state index contributed by atoms with van der Waals surface area (Å²) >= 11 is 6.17. The summed E-state index contributed by atoms with van der Waals surface area (Å²) in [6, 6.07) is 2.36. The van der Waals surface area contributed by atoms with Gasteiger partial charge in [-0.2, -0.15) is 0 Å². The second kappa shape index (κ2) is 8.19. The summed E-state index contributed by atoms with van der Waals surface area (Å²) < 4.78 is 26.4. The van der Waals surface area contributed by atoms with Crippen LogP contribution in [-0.4, -0.2) is 24.4 Å². The van der Waals surface area contributed by atoms with Gasteiger partial charge < -0.3 is 10.3 Å². The molecule has 0 fully saturated rings. The minimum absolute atomic E-state index is 0.00477. The summed E-state index contributed by atoms with van der Waals surface area (Å²) in [7, 11) is -4.50. The maximum absolute atomic E-state index is 12.4. The molecule has 2 amide bonds. The van der Waals surface area contributed by atoms with Crippen molar-refractivity contribution in [3.05, 3.63) is 55.3 Å². The molecule has 0 saturated heterocycles. The maximum atomic E-state index is 12.4. The molecule has 0 bridgehead atoms. The molecular formula is C17H21ClN4O5S. The number of sulfonamides is 1. The fourth-order valence-electron chi connectivity index (χ4n) is 2.62. The lowest BCUT2D eigenvalue weighted by Crippen LogP contribution is -2.38. The SMILES string of the molecule is CC(C)c1cc(Cl)cc(C(C)C)c1NC(=O)NS(=O)(=O)c1c[nH]c(=O)[nH]c1=O. The van der Waals surface area contributed by atoms with E-state index >= 15 is 0 Å². The highest BCUT2D eigenvalue weighted by atomic mass is 35.5. The Bertz CT molecular complexity index is 1090. The second-order valence-corrected chi connectivity index (χ2v) is 8.85. The van der Waals surface area contributed by atoms with Crippen LogP contribution < -0.4 is 21.3 Å². The van der Waals surface area contributed by atoms with Crippen molar-refractivity contribution in [3.63, 3.8) is 0 Å². The molecule has 11 heteroatoms. The van der Waals surface area contributed by atoms with Gasteiger partial charge >= 0.3 is 11.7 Å². The van der Waals surface area contributed by atoms with Crippen LogP contribution in [0.2, 0.25) is 5.02 Å². The first-order valence-electron chi connectivity index (χ1n) is 8.41. The number of aromatic amines is 2. The highest BCUT2D eigenvalue weighted by Gasteiger charge is 2.24. The molecule has 0 saturated carbocycles. The van der Waals surface area contributed by atoms with Crippen molar-refractivity contribution in [1.29, 1.82) is 0 Å². The molecule has 1 heterocycles. The number of rotatable bonds is 5. The van der Waals surface area contributed by atoms with E-state index in [2.05, 4.69) is 5.32 Å². The van der Waals surface area contributed by atoms with Crippen molar-refractivity contribution in [2.45, 2.75) is 44.4 Å². The van der Waals surface area contributed by atoms with E-state index in [-0.39, 0.29) is 11.8 Å². The van der Waals surface area contributed by atoms with E-state index in [0.717, 1.165) is 17.3 Å². The van der Waals surface area contributed by atoms with Crippen LogP contribution in [0.15, 0.2) is 32.8 Å². The first kappa shape index (κ1) is 21.7. The van der Waals surface area contributed by atoms with Crippen molar-refractivity contribution in [2.75, 3.05) is 5.32 Å². The summed E-state index contributed by atoms with van der Waals surface area (Å²) in [5.74, 6) is 0.00954. The molecule has 0 aliphatic rings. The molecule has 152 valence electrons. The predicted octanol–water partition coefficient (Wildman–Crippen LogP) is 2.47. The van der Waals surface area contributed by atoms with Gasteiger partial charge in [0.1, 0.15) is 0 Å². The minimum atomic E-state index is -4.50. The van der Waals surface area contributed by atoms with Crippen molar-refractivity contribution in [3.8, 4) is 0 Å². The Labute approximate surface area is 166 Å². The number of nitrogens with one attached hydrogen (secondary N) is 4. The van der Waals surface area contributed by atoms with Gasteiger partial charge in [0.25, 0.3) is 15.6 Å². The van der Waals surface area contributed by atoms with Crippen LogP contribution in [0.25, 0.3) is 0 Å². The van der Waals surface area contributed by atoms with Gasteiger partial charge in [0.05, 0.1) is 0 Å². The van der Waals surface area contributed by atoms with E-state index < -0.39 is 32.2 Å². The van der Waals surface area contributed by atoms with Crippen molar-refractivity contribution in [1.82, 2.24) is 14.7 Å². The van der Waals surface area contributed by atoms with Crippen molar-refractivity contribution < 1.29 is 13.2 Å². The van der Waals surface area contributed by atoms with Crippen LogP contribution in [0, 0.1) is 0 Å². The van der Waals surface area contributed by atoms with Gasteiger partial charge in [-0.1, -0.05) is 39.3 Å². The monoisotopic (exact) mass is 428 g/mol. The highest BCUT2D eigenvalue weighted by Crippen LogP contribution is 2.35. The van der Waals surface area contributed by atoms with Crippen molar-refractivity contribution >= 4 is 33.3 Å². The van der Waals surface area contributed by atoms with E-state index in [0.29, 0.717) is 10.7 Å². The molecule has 2 rings (SSSR count). The fourth-order valence-corrected chi connectivity index (χ4v) is 3.77. The normalized spacial score (nSPS) is 11.7. The Hall–Kier alpha value is -2.59. The third-order valence-corrected chi connectivity index (χ3v) is 5.50. The van der Waals surface area contributed by atoms with Gasteiger partial charge in [-0.3, -0.25) is 9.78 Å². The maximum Gasteiger partial charge on any atom is 0.333 e. The Kier molecular flexibility index (Phi) is 6.35. The molecule has 2 aromatic rings. The number of hydrogen-bond acceptors (Lipinski definition) is 5. The van der Waals surface area contributed by atoms with Gasteiger partial charge in [-0.25, -0.2) is 22.7 Å². The van der Waals surface area contributed by atoms with Gasteiger partial charge in [0.2, 0.25) is 0 Å². The molecular weight excluding hydrogens is 408 g/mol. The number of amides is 2. The first-order valence-corrected chi connectivity index (χ1v) is 10.3. The number of urea groups is 1. The second-order valence-electron chi connectivity index (χ2n) is 6.76. The molecule has 0 aliphatic heterocycles. The zero-order chi connectivity index (χ0) is 21.2. The molecule has 1 aromatic heterocycles. The summed E-state index contributed by atoms with van der Waals surface area (Å²) in [5, 5.41) is 3.06. The van der Waals surface area contributed by atoms with Crippen LogP contribution >= 0.6 is 11.6 Å². The lowest BCUT2D eigenvalue weighted by Gasteiger charge is -2.21. The summed E-state index contributed by atoms with van der Waals surface area (Å²) in [5.41, 5.74) is -0.0623. The number of benzene rings is 1.